The van der Waals surface area contributed by atoms with E-state index in [2.05, 4.69) is 14.6 Å². The number of ether oxygens (including phenoxy) is 1. The first-order valence-electron chi connectivity index (χ1n) is 5.35. The molecule has 1 atom stereocenters. The summed E-state index contributed by atoms with van der Waals surface area (Å²) in [4.78, 5) is 16.4. The highest BCUT2D eigenvalue weighted by Crippen LogP contribution is 2.13. The Bertz CT molecular complexity index is 375. The van der Waals surface area contributed by atoms with Crippen LogP contribution in [0.2, 0.25) is 0 Å². The van der Waals surface area contributed by atoms with Crippen molar-refractivity contribution in [2.75, 3.05) is 20.2 Å². The summed E-state index contributed by atoms with van der Waals surface area (Å²) in [6, 6.07) is 3.59. The maximum absolute atomic E-state index is 11.2. The Morgan fingerprint density at radius 3 is 3.12 bits per heavy atom. The number of methoxy groups -OCH3 is 1. The second-order valence-corrected chi connectivity index (χ2v) is 4.07. The summed E-state index contributed by atoms with van der Waals surface area (Å²) < 4.78 is 4.61. The Labute approximate surface area is 94.0 Å². The molecule has 5 nitrogen and oxygen atoms in total. The van der Waals surface area contributed by atoms with Crippen molar-refractivity contribution in [3.8, 4) is 0 Å². The lowest BCUT2D eigenvalue weighted by molar-refractivity contribution is 0.0594. The summed E-state index contributed by atoms with van der Waals surface area (Å²) in [6.45, 7) is 2.33. The van der Waals surface area contributed by atoms with Gasteiger partial charge in [-0.15, -0.1) is 0 Å². The van der Waals surface area contributed by atoms with Gasteiger partial charge in [0.05, 0.1) is 13.2 Å². The Balaban J connectivity index is 1.95. The number of hydrogen-bond acceptors (Lipinski definition) is 4. The highest BCUT2D eigenvalue weighted by Gasteiger charge is 2.20. The molecule has 1 aromatic heterocycles. The minimum absolute atomic E-state index is 0.213. The summed E-state index contributed by atoms with van der Waals surface area (Å²) in [5, 5.41) is 9.38. The molecule has 88 valence electrons. The Kier molecular flexibility index (Phi) is 3.26. The van der Waals surface area contributed by atoms with E-state index in [0.717, 1.165) is 25.2 Å². The van der Waals surface area contributed by atoms with E-state index >= 15 is 0 Å². The first-order chi connectivity index (χ1) is 7.69. The molecule has 1 aromatic rings. The second-order valence-electron chi connectivity index (χ2n) is 4.07. The molecule has 0 bridgehead atoms. The number of aliphatic hydroxyl groups is 1. The van der Waals surface area contributed by atoms with E-state index in [9.17, 15) is 9.90 Å². The van der Waals surface area contributed by atoms with Crippen LogP contribution in [0.25, 0.3) is 0 Å². The van der Waals surface area contributed by atoms with Crippen LogP contribution in [0, 0.1) is 0 Å². The van der Waals surface area contributed by atoms with Crippen molar-refractivity contribution in [3.05, 3.63) is 23.5 Å². The Morgan fingerprint density at radius 1 is 1.69 bits per heavy atom. The number of aliphatic hydroxyl groups excluding tert-OH is 1. The van der Waals surface area contributed by atoms with Crippen LogP contribution in [0.4, 0.5) is 0 Å². The molecule has 1 aliphatic heterocycles. The van der Waals surface area contributed by atoms with Crippen molar-refractivity contribution in [2.45, 2.75) is 19.1 Å². The van der Waals surface area contributed by atoms with E-state index in [1.807, 2.05) is 6.07 Å². The van der Waals surface area contributed by atoms with Gasteiger partial charge in [0.25, 0.3) is 0 Å². The van der Waals surface area contributed by atoms with E-state index in [4.69, 9.17) is 0 Å². The summed E-state index contributed by atoms with van der Waals surface area (Å²) in [7, 11) is 1.36. The number of H-pyrrole nitrogens is 1. The van der Waals surface area contributed by atoms with E-state index in [1.54, 1.807) is 6.07 Å². The standard InChI is InChI=1S/C11H16N2O3/c1-16-11(15)10-3-2-8(12-10)6-13-5-4-9(14)7-13/h2-3,9,12,14H,4-7H2,1H3/t9-/m1/s1. The second kappa shape index (κ2) is 4.67. The number of carbonyl (C=O) groups excluding carboxylic acids is 1. The summed E-state index contributed by atoms with van der Waals surface area (Å²) in [5.74, 6) is -0.354. The Hall–Kier alpha value is -1.33. The fourth-order valence-electron chi connectivity index (χ4n) is 1.96. The molecular formula is C11H16N2O3. The van der Waals surface area contributed by atoms with Gasteiger partial charge < -0.3 is 14.8 Å². The molecule has 0 amide bonds. The van der Waals surface area contributed by atoms with Crippen LogP contribution >= 0.6 is 0 Å². The van der Waals surface area contributed by atoms with Gasteiger partial charge in [0.2, 0.25) is 0 Å². The van der Waals surface area contributed by atoms with Crippen LogP contribution in [0.15, 0.2) is 12.1 Å². The van der Waals surface area contributed by atoms with Crippen molar-refractivity contribution >= 4 is 5.97 Å². The first-order valence-corrected chi connectivity index (χ1v) is 5.35. The van der Waals surface area contributed by atoms with Gasteiger partial charge in [-0.25, -0.2) is 4.79 Å². The van der Waals surface area contributed by atoms with Gasteiger partial charge in [-0.1, -0.05) is 0 Å². The van der Waals surface area contributed by atoms with Gasteiger partial charge in [-0.2, -0.15) is 0 Å². The molecule has 0 saturated carbocycles. The fourth-order valence-corrected chi connectivity index (χ4v) is 1.96. The predicted molar refractivity (Wildman–Crippen MR) is 58.0 cm³/mol. The zero-order valence-electron chi connectivity index (χ0n) is 9.27. The van der Waals surface area contributed by atoms with E-state index < -0.39 is 0 Å². The topological polar surface area (TPSA) is 65.6 Å². The van der Waals surface area contributed by atoms with Crippen LogP contribution < -0.4 is 0 Å². The van der Waals surface area contributed by atoms with E-state index in [1.165, 1.54) is 7.11 Å². The third-order valence-electron chi connectivity index (χ3n) is 2.79. The monoisotopic (exact) mass is 224 g/mol. The number of aromatic nitrogens is 1. The third kappa shape index (κ3) is 2.43. The number of rotatable bonds is 3. The SMILES string of the molecule is COC(=O)c1ccc(CN2CC[C@@H](O)C2)[nH]1. The average Bonchev–Trinajstić information content (AvgIpc) is 2.87. The molecule has 1 aliphatic rings. The zero-order valence-corrected chi connectivity index (χ0v) is 9.27. The summed E-state index contributed by atoms with van der Waals surface area (Å²) >= 11 is 0. The first kappa shape index (κ1) is 11.2. The summed E-state index contributed by atoms with van der Waals surface area (Å²) in [5.41, 5.74) is 1.44. The van der Waals surface area contributed by atoms with E-state index in [0.29, 0.717) is 12.2 Å². The van der Waals surface area contributed by atoms with Crippen LogP contribution in [-0.2, 0) is 11.3 Å². The number of β-amino-alcohol motifs (C(OH)–C–C–N with tert-alkyl or cyclic N) is 1. The van der Waals surface area contributed by atoms with Crippen molar-refractivity contribution in [1.29, 1.82) is 0 Å². The number of esters is 1. The number of likely N-dealkylation sites (tertiary alicyclic amines) is 1. The lowest BCUT2D eigenvalue weighted by Gasteiger charge is -2.13. The average molecular weight is 224 g/mol. The number of hydrogen-bond donors (Lipinski definition) is 2. The van der Waals surface area contributed by atoms with Crippen molar-refractivity contribution < 1.29 is 14.6 Å². The molecule has 2 heterocycles. The largest absolute Gasteiger partial charge is 0.464 e. The van der Waals surface area contributed by atoms with Crippen LogP contribution in [0.3, 0.4) is 0 Å². The van der Waals surface area contributed by atoms with Crippen molar-refractivity contribution in [1.82, 2.24) is 9.88 Å². The van der Waals surface area contributed by atoms with E-state index in [-0.39, 0.29) is 12.1 Å². The number of aromatic amines is 1. The Morgan fingerprint density at radius 2 is 2.50 bits per heavy atom. The lowest BCUT2D eigenvalue weighted by Crippen LogP contribution is -2.21. The van der Waals surface area contributed by atoms with Crippen molar-refractivity contribution in [3.63, 3.8) is 0 Å². The van der Waals surface area contributed by atoms with Gasteiger partial charge in [-0.05, 0) is 18.6 Å². The maximum atomic E-state index is 11.2. The molecular weight excluding hydrogens is 208 g/mol. The molecule has 1 saturated heterocycles. The zero-order chi connectivity index (χ0) is 11.5. The highest BCUT2D eigenvalue weighted by molar-refractivity contribution is 5.87. The predicted octanol–water partition coefficient (Wildman–Crippen LogP) is 0.368. The quantitative estimate of drug-likeness (QED) is 0.728. The molecule has 1 fully saturated rings. The van der Waals surface area contributed by atoms with Crippen LogP contribution in [-0.4, -0.2) is 47.3 Å². The molecule has 16 heavy (non-hydrogen) atoms. The molecule has 2 N–H and O–H groups in total. The summed E-state index contributed by atoms with van der Waals surface area (Å²) in [6.07, 6.45) is 0.611. The van der Waals surface area contributed by atoms with Gasteiger partial charge in [0, 0.05) is 25.3 Å². The van der Waals surface area contributed by atoms with Crippen molar-refractivity contribution in [2.24, 2.45) is 0 Å². The molecule has 0 unspecified atom stereocenters. The van der Waals surface area contributed by atoms with Gasteiger partial charge in [0.15, 0.2) is 0 Å². The van der Waals surface area contributed by atoms with Gasteiger partial charge in [-0.3, -0.25) is 4.90 Å². The number of nitrogens with zero attached hydrogens (tertiary/aromatic N) is 1. The third-order valence-corrected chi connectivity index (χ3v) is 2.79. The fraction of sp³-hybridized carbons (Fsp3) is 0.545. The number of carbonyl (C=O) groups is 1. The molecule has 2 rings (SSSR count). The molecule has 0 spiro atoms. The molecule has 0 aromatic carbocycles. The lowest BCUT2D eigenvalue weighted by atomic mass is 10.3. The number of nitrogens with one attached hydrogen (secondary N) is 1. The van der Waals surface area contributed by atoms with Gasteiger partial charge in [0.1, 0.15) is 5.69 Å². The minimum Gasteiger partial charge on any atom is -0.464 e. The van der Waals surface area contributed by atoms with Crippen LogP contribution in [0.1, 0.15) is 22.6 Å². The normalized spacial score (nSPS) is 21.2. The molecule has 5 heteroatoms. The minimum atomic E-state index is -0.354. The smallest absolute Gasteiger partial charge is 0.354 e. The maximum Gasteiger partial charge on any atom is 0.354 e. The highest BCUT2D eigenvalue weighted by atomic mass is 16.5. The molecule has 0 aliphatic carbocycles. The molecule has 0 radical (unpaired) electrons. The van der Waals surface area contributed by atoms with Gasteiger partial charge >= 0.3 is 5.97 Å². The van der Waals surface area contributed by atoms with Crippen LogP contribution in [0.5, 0.6) is 0 Å².